The summed E-state index contributed by atoms with van der Waals surface area (Å²) in [5.41, 5.74) is 1.45. The van der Waals surface area contributed by atoms with E-state index in [1.54, 1.807) is 13.0 Å². The SMILES string of the molecule is CCNCC(O)COc1cc([N+](=O)[O-])c(C)cc1C. The van der Waals surface area contributed by atoms with Crippen LogP contribution < -0.4 is 10.1 Å². The third kappa shape index (κ3) is 4.50. The molecule has 1 aromatic rings. The van der Waals surface area contributed by atoms with Crippen molar-refractivity contribution >= 4 is 5.69 Å². The van der Waals surface area contributed by atoms with Gasteiger partial charge in [-0.2, -0.15) is 0 Å². The maximum absolute atomic E-state index is 10.9. The summed E-state index contributed by atoms with van der Waals surface area (Å²) < 4.78 is 5.45. The van der Waals surface area contributed by atoms with Crippen LogP contribution >= 0.6 is 0 Å². The maximum Gasteiger partial charge on any atom is 0.276 e. The highest BCUT2D eigenvalue weighted by Crippen LogP contribution is 2.28. The number of hydrogen-bond donors (Lipinski definition) is 2. The zero-order valence-corrected chi connectivity index (χ0v) is 11.5. The molecule has 0 aliphatic rings. The van der Waals surface area contributed by atoms with Crippen molar-refractivity contribution in [1.82, 2.24) is 5.32 Å². The molecule has 6 nitrogen and oxygen atoms in total. The van der Waals surface area contributed by atoms with Crippen LogP contribution in [0.3, 0.4) is 0 Å². The first-order valence-corrected chi connectivity index (χ1v) is 6.23. The average molecular weight is 268 g/mol. The number of ether oxygens (including phenoxy) is 1. The number of nitro groups is 1. The van der Waals surface area contributed by atoms with E-state index >= 15 is 0 Å². The number of aryl methyl sites for hydroxylation is 2. The zero-order valence-electron chi connectivity index (χ0n) is 11.5. The molecule has 6 heteroatoms. The molecular formula is C13H20N2O4. The van der Waals surface area contributed by atoms with Crippen molar-refractivity contribution in [2.45, 2.75) is 26.9 Å². The number of nitro benzene ring substituents is 1. The number of aliphatic hydroxyl groups excluding tert-OH is 1. The standard InChI is InChI=1S/C13H20N2O4/c1-4-14-7-11(16)8-19-13-6-12(15(17)18)9(2)5-10(13)3/h5-6,11,14,16H,4,7-8H2,1-3H3. The Kier molecular flexibility index (Phi) is 5.72. The van der Waals surface area contributed by atoms with Gasteiger partial charge < -0.3 is 15.2 Å². The molecule has 0 saturated carbocycles. The fraction of sp³-hybridized carbons (Fsp3) is 0.538. The summed E-state index contributed by atoms with van der Waals surface area (Å²) in [5.74, 6) is 0.438. The molecule has 0 aliphatic carbocycles. The summed E-state index contributed by atoms with van der Waals surface area (Å²) in [4.78, 5) is 10.4. The Labute approximate surface area is 112 Å². The third-order valence-corrected chi connectivity index (χ3v) is 2.75. The second-order valence-corrected chi connectivity index (χ2v) is 4.43. The molecule has 0 saturated heterocycles. The van der Waals surface area contributed by atoms with E-state index in [4.69, 9.17) is 4.74 Å². The lowest BCUT2D eigenvalue weighted by Crippen LogP contribution is -2.31. The van der Waals surface area contributed by atoms with Gasteiger partial charge in [0.2, 0.25) is 0 Å². The second kappa shape index (κ2) is 7.06. The summed E-state index contributed by atoms with van der Waals surface area (Å²) in [7, 11) is 0. The topological polar surface area (TPSA) is 84.6 Å². The fourth-order valence-corrected chi connectivity index (χ4v) is 1.73. The molecule has 106 valence electrons. The number of nitrogens with one attached hydrogen (secondary N) is 1. The van der Waals surface area contributed by atoms with E-state index in [9.17, 15) is 15.2 Å². The van der Waals surface area contributed by atoms with E-state index in [0.29, 0.717) is 17.9 Å². The van der Waals surface area contributed by atoms with Crippen molar-refractivity contribution in [2.75, 3.05) is 19.7 Å². The average Bonchev–Trinajstić information content (AvgIpc) is 2.34. The van der Waals surface area contributed by atoms with E-state index in [1.807, 2.05) is 13.8 Å². The minimum Gasteiger partial charge on any atom is -0.490 e. The molecule has 0 aliphatic heterocycles. The summed E-state index contributed by atoms with van der Waals surface area (Å²) >= 11 is 0. The Balaban J connectivity index is 2.73. The highest BCUT2D eigenvalue weighted by Gasteiger charge is 2.15. The van der Waals surface area contributed by atoms with Gasteiger partial charge in [0.05, 0.1) is 11.0 Å². The van der Waals surface area contributed by atoms with E-state index < -0.39 is 11.0 Å². The zero-order chi connectivity index (χ0) is 14.4. The molecule has 0 radical (unpaired) electrons. The molecule has 1 atom stereocenters. The maximum atomic E-state index is 10.9. The Morgan fingerprint density at radius 1 is 1.42 bits per heavy atom. The van der Waals surface area contributed by atoms with Crippen molar-refractivity contribution in [3.05, 3.63) is 33.4 Å². The van der Waals surface area contributed by atoms with E-state index in [0.717, 1.165) is 12.1 Å². The highest BCUT2D eigenvalue weighted by molar-refractivity contribution is 5.49. The summed E-state index contributed by atoms with van der Waals surface area (Å²) in [6.45, 7) is 6.77. The largest absolute Gasteiger partial charge is 0.490 e. The molecule has 0 amide bonds. The smallest absolute Gasteiger partial charge is 0.276 e. The van der Waals surface area contributed by atoms with Crippen molar-refractivity contribution in [2.24, 2.45) is 0 Å². The van der Waals surface area contributed by atoms with Gasteiger partial charge in [0.15, 0.2) is 0 Å². The first kappa shape index (κ1) is 15.4. The van der Waals surface area contributed by atoms with Gasteiger partial charge >= 0.3 is 0 Å². The summed E-state index contributed by atoms with van der Waals surface area (Å²) in [5, 5.41) is 23.5. The summed E-state index contributed by atoms with van der Waals surface area (Å²) in [6.07, 6.45) is -0.639. The normalized spacial score (nSPS) is 12.2. The van der Waals surface area contributed by atoms with Crippen LogP contribution in [0.4, 0.5) is 5.69 Å². The molecule has 0 bridgehead atoms. The Hall–Kier alpha value is -1.66. The molecular weight excluding hydrogens is 248 g/mol. The van der Waals surface area contributed by atoms with Gasteiger partial charge in [0.25, 0.3) is 5.69 Å². The molecule has 1 unspecified atom stereocenters. The minimum atomic E-state index is -0.639. The van der Waals surface area contributed by atoms with Crippen LogP contribution in [0.15, 0.2) is 12.1 Å². The van der Waals surface area contributed by atoms with Crippen LogP contribution in [0.5, 0.6) is 5.75 Å². The van der Waals surface area contributed by atoms with Crippen molar-refractivity contribution < 1.29 is 14.8 Å². The van der Waals surface area contributed by atoms with Crippen LogP contribution in [0.25, 0.3) is 0 Å². The number of likely N-dealkylation sites (N-methyl/N-ethyl adjacent to an activating group) is 1. The van der Waals surface area contributed by atoms with Gasteiger partial charge in [-0.05, 0) is 32.0 Å². The molecule has 2 N–H and O–H groups in total. The van der Waals surface area contributed by atoms with Crippen molar-refractivity contribution in [1.29, 1.82) is 0 Å². The molecule has 0 heterocycles. The number of rotatable bonds is 7. The molecule has 0 spiro atoms. The Morgan fingerprint density at radius 3 is 2.68 bits per heavy atom. The third-order valence-electron chi connectivity index (χ3n) is 2.75. The van der Waals surface area contributed by atoms with Gasteiger partial charge in [0, 0.05) is 12.1 Å². The van der Waals surface area contributed by atoms with Gasteiger partial charge in [-0.1, -0.05) is 6.92 Å². The van der Waals surface area contributed by atoms with Crippen LogP contribution in [0.1, 0.15) is 18.1 Å². The number of benzene rings is 1. The molecule has 1 rings (SSSR count). The monoisotopic (exact) mass is 268 g/mol. The number of hydrogen-bond acceptors (Lipinski definition) is 5. The van der Waals surface area contributed by atoms with Crippen LogP contribution in [-0.4, -0.2) is 35.8 Å². The van der Waals surface area contributed by atoms with E-state index in [-0.39, 0.29) is 12.3 Å². The van der Waals surface area contributed by atoms with E-state index in [1.165, 1.54) is 6.07 Å². The highest BCUT2D eigenvalue weighted by atomic mass is 16.6. The van der Waals surface area contributed by atoms with Gasteiger partial charge in [-0.15, -0.1) is 0 Å². The summed E-state index contributed by atoms with van der Waals surface area (Å²) in [6, 6.07) is 3.12. The number of aliphatic hydroxyl groups is 1. The predicted octanol–water partition coefficient (Wildman–Crippen LogP) is 1.56. The van der Waals surface area contributed by atoms with E-state index in [2.05, 4.69) is 5.32 Å². The fourth-order valence-electron chi connectivity index (χ4n) is 1.73. The lowest BCUT2D eigenvalue weighted by atomic mass is 10.1. The van der Waals surface area contributed by atoms with Crippen LogP contribution in [0.2, 0.25) is 0 Å². The lowest BCUT2D eigenvalue weighted by molar-refractivity contribution is -0.385. The lowest BCUT2D eigenvalue weighted by Gasteiger charge is -2.14. The first-order valence-electron chi connectivity index (χ1n) is 6.23. The molecule has 19 heavy (non-hydrogen) atoms. The van der Waals surface area contributed by atoms with Gasteiger partial charge in [-0.25, -0.2) is 0 Å². The molecule has 1 aromatic carbocycles. The molecule has 0 fully saturated rings. The van der Waals surface area contributed by atoms with Gasteiger partial charge in [-0.3, -0.25) is 10.1 Å². The number of nitrogens with zero attached hydrogens (tertiary/aromatic N) is 1. The van der Waals surface area contributed by atoms with Crippen molar-refractivity contribution in [3.63, 3.8) is 0 Å². The molecule has 0 aromatic heterocycles. The predicted molar refractivity (Wildman–Crippen MR) is 72.6 cm³/mol. The van der Waals surface area contributed by atoms with Crippen LogP contribution in [-0.2, 0) is 0 Å². The Morgan fingerprint density at radius 2 is 2.11 bits per heavy atom. The minimum absolute atomic E-state index is 0.0294. The van der Waals surface area contributed by atoms with Crippen LogP contribution in [0, 0.1) is 24.0 Å². The first-order chi connectivity index (χ1) is 8.95. The quantitative estimate of drug-likeness (QED) is 0.579. The van der Waals surface area contributed by atoms with Crippen molar-refractivity contribution in [3.8, 4) is 5.75 Å². The van der Waals surface area contributed by atoms with Gasteiger partial charge in [0.1, 0.15) is 18.5 Å². The Bertz CT molecular complexity index is 449. The second-order valence-electron chi connectivity index (χ2n) is 4.43.